The quantitative estimate of drug-likeness (QED) is 0.625. The molecule has 0 saturated heterocycles. The van der Waals surface area contributed by atoms with Gasteiger partial charge in [-0.15, -0.1) is 0 Å². The number of halogens is 1. The SMILES string of the molecule is CNC(=O)CCCOc1cccc(Cl)c1C=O. The fourth-order valence-electron chi connectivity index (χ4n) is 1.30. The van der Waals surface area contributed by atoms with E-state index < -0.39 is 0 Å². The zero-order chi connectivity index (χ0) is 12.7. The predicted octanol–water partition coefficient (Wildman–Crippen LogP) is 2.06. The topological polar surface area (TPSA) is 55.4 Å². The molecule has 0 spiro atoms. The first-order chi connectivity index (χ1) is 8.19. The second-order valence-corrected chi connectivity index (χ2v) is 3.80. The lowest BCUT2D eigenvalue weighted by molar-refractivity contribution is -0.120. The molecule has 1 N–H and O–H groups in total. The first-order valence-corrected chi connectivity index (χ1v) is 5.64. The Balaban J connectivity index is 2.49. The number of ether oxygens (including phenoxy) is 1. The van der Waals surface area contributed by atoms with Crippen LogP contribution in [0.15, 0.2) is 18.2 Å². The first-order valence-electron chi connectivity index (χ1n) is 5.26. The van der Waals surface area contributed by atoms with E-state index in [4.69, 9.17) is 16.3 Å². The van der Waals surface area contributed by atoms with E-state index >= 15 is 0 Å². The van der Waals surface area contributed by atoms with Crippen molar-refractivity contribution in [3.05, 3.63) is 28.8 Å². The highest BCUT2D eigenvalue weighted by atomic mass is 35.5. The summed E-state index contributed by atoms with van der Waals surface area (Å²) >= 11 is 5.84. The maximum Gasteiger partial charge on any atom is 0.219 e. The summed E-state index contributed by atoms with van der Waals surface area (Å²) < 4.78 is 5.41. The van der Waals surface area contributed by atoms with Gasteiger partial charge in [0.1, 0.15) is 5.75 Å². The number of carbonyl (C=O) groups is 2. The van der Waals surface area contributed by atoms with Crippen LogP contribution in [-0.2, 0) is 4.79 Å². The molecule has 0 aliphatic heterocycles. The molecule has 1 rings (SSSR count). The summed E-state index contributed by atoms with van der Waals surface area (Å²) in [4.78, 5) is 21.8. The van der Waals surface area contributed by atoms with Crippen LogP contribution in [0.4, 0.5) is 0 Å². The second kappa shape index (κ2) is 6.91. The Labute approximate surface area is 105 Å². The normalized spacial score (nSPS) is 9.76. The molecule has 0 saturated carbocycles. The van der Waals surface area contributed by atoms with Crippen molar-refractivity contribution in [3.8, 4) is 5.75 Å². The van der Waals surface area contributed by atoms with Crippen molar-refractivity contribution in [3.63, 3.8) is 0 Å². The van der Waals surface area contributed by atoms with Gasteiger partial charge in [0.05, 0.1) is 17.2 Å². The van der Waals surface area contributed by atoms with E-state index in [1.807, 2.05) is 0 Å². The van der Waals surface area contributed by atoms with Gasteiger partial charge in [0.25, 0.3) is 0 Å². The molecule has 5 heteroatoms. The summed E-state index contributed by atoms with van der Waals surface area (Å²) in [5, 5.41) is 2.89. The van der Waals surface area contributed by atoms with Gasteiger partial charge in [-0.1, -0.05) is 17.7 Å². The number of hydrogen-bond donors (Lipinski definition) is 1. The van der Waals surface area contributed by atoms with Crippen molar-refractivity contribution >= 4 is 23.8 Å². The number of aldehydes is 1. The molecule has 17 heavy (non-hydrogen) atoms. The standard InChI is InChI=1S/C12H14ClNO3/c1-14-12(16)6-3-7-17-11-5-2-4-10(13)9(11)8-15/h2,4-5,8H,3,6-7H2,1H3,(H,14,16). The van der Waals surface area contributed by atoms with Crippen molar-refractivity contribution in [1.82, 2.24) is 5.32 Å². The number of nitrogens with one attached hydrogen (secondary N) is 1. The van der Waals surface area contributed by atoms with Gasteiger partial charge in [-0.3, -0.25) is 9.59 Å². The highest BCUT2D eigenvalue weighted by molar-refractivity contribution is 6.33. The maximum atomic E-state index is 11.0. The van der Waals surface area contributed by atoms with Gasteiger partial charge in [-0.25, -0.2) is 0 Å². The molecule has 92 valence electrons. The average molecular weight is 256 g/mol. The van der Waals surface area contributed by atoms with E-state index in [-0.39, 0.29) is 5.91 Å². The van der Waals surface area contributed by atoms with Crippen LogP contribution < -0.4 is 10.1 Å². The number of carbonyl (C=O) groups excluding carboxylic acids is 2. The Bertz CT molecular complexity index is 407. The van der Waals surface area contributed by atoms with Gasteiger partial charge in [0, 0.05) is 13.5 Å². The summed E-state index contributed by atoms with van der Waals surface area (Å²) in [5.41, 5.74) is 0.342. The molecule has 0 fully saturated rings. The van der Waals surface area contributed by atoms with Crippen LogP contribution in [0.5, 0.6) is 5.75 Å². The van der Waals surface area contributed by atoms with Crippen molar-refractivity contribution < 1.29 is 14.3 Å². The summed E-state index contributed by atoms with van der Waals surface area (Å²) in [6.07, 6.45) is 1.65. The summed E-state index contributed by atoms with van der Waals surface area (Å²) in [5.74, 6) is 0.416. The molecule has 0 unspecified atom stereocenters. The summed E-state index contributed by atoms with van der Waals surface area (Å²) in [6, 6.07) is 5.02. The van der Waals surface area contributed by atoms with Crippen LogP contribution in [0.25, 0.3) is 0 Å². The fourth-order valence-corrected chi connectivity index (χ4v) is 1.51. The molecule has 0 bridgehead atoms. The Morgan fingerprint density at radius 1 is 1.53 bits per heavy atom. The van der Waals surface area contributed by atoms with Gasteiger partial charge >= 0.3 is 0 Å². The van der Waals surface area contributed by atoms with E-state index in [1.54, 1.807) is 25.2 Å². The Kier molecular flexibility index (Phi) is 5.49. The zero-order valence-corrected chi connectivity index (χ0v) is 10.3. The van der Waals surface area contributed by atoms with Gasteiger partial charge in [-0.2, -0.15) is 0 Å². The third kappa shape index (κ3) is 4.07. The molecule has 1 aromatic carbocycles. The molecule has 0 aliphatic carbocycles. The number of hydrogen-bond acceptors (Lipinski definition) is 3. The lowest BCUT2D eigenvalue weighted by Gasteiger charge is -2.08. The minimum Gasteiger partial charge on any atom is -0.493 e. The van der Waals surface area contributed by atoms with Gasteiger partial charge in [0.2, 0.25) is 5.91 Å². The molecule has 1 amide bonds. The molecule has 0 atom stereocenters. The number of benzene rings is 1. The van der Waals surface area contributed by atoms with Crippen molar-refractivity contribution in [2.75, 3.05) is 13.7 Å². The Morgan fingerprint density at radius 3 is 2.94 bits per heavy atom. The monoisotopic (exact) mass is 255 g/mol. The van der Waals surface area contributed by atoms with Crippen molar-refractivity contribution in [2.45, 2.75) is 12.8 Å². The van der Waals surface area contributed by atoms with Gasteiger partial charge in [0.15, 0.2) is 6.29 Å². The molecular weight excluding hydrogens is 242 g/mol. The average Bonchev–Trinajstić information content (AvgIpc) is 2.34. The first kappa shape index (κ1) is 13.5. The molecule has 0 aliphatic rings. The summed E-state index contributed by atoms with van der Waals surface area (Å²) in [7, 11) is 1.59. The molecule has 0 aromatic heterocycles. The van der Waals surface area contributed by atoms with E-state index in [9.17, 15) is 9.59 Å². The number of rotatable bonds is 6. The smallest absolute Gasteiger partial charge is 0.219 e. The molecule has 0 heterocycles. The van der Waals surface area contributed by atoms with E-state index in [0.717, 1.165) is 0 Å². The van der Waals surface area contributed by atoms with Crippen molar-refractivity contribution in [2.24, 2.45) is 0 Å². The predicted molar refractivity (Wildman–Crippen MR) is 65.6 cm³/mol. The van der Waals surface area contributed by atoms with Crippen LogP contribution in [0, 0.1) is 0 Å². The minimum atomic E-state index is -0.0321. The minimum absolute atomic E-state index is 0.0321. The third-order valence-corrected chi connectivity index (χ3v) is 2.54. The summed E-state index contributed by atoms with van der Waals surface area (Å²) in [6.45, 7) is 0.370. The molecule has 1 aromatic rings. The van der Waals surface area contributed by atoms with Gasteiger partial charge < -0.3 is 10.1 Å². The van der Waals surface area contributed by atoms with Crippen LogP contribution in [0.3, 0.4) is 0 Å². The highest BCUT2D eigenvalue weighted by Gasteiger charge is 2.07. The van der Waals surface area contributed by atoms with Crippen LogP contribution in [0.1, 0.15) is 23.2 Å². The second-order valence-electron chi connectivity index (χ2n) is 3.39. The third-order valence-electron chi connectivity index (χ3n) is 2.22. The van der Waals surface area contributed by atoms with E-state index in [2.05, 4.69) is 5.32 Å². The van der Waals surface area contributed by atoms with Crippen molar-refractivity contribution in [1.29, 1.82) is 0 Å². The molecular formula is C12H14ClNO3. The van der Waals surface area contributed by atoms with Gasteiger partial charge in [-0.05, 0) is 18.6 Å². The largest absolute Gasteiger partial charge is 0.493 e. The van der Waals surface area contributed by atoms with Crippen LogP contribution in [0.2, 0.25) is 5.02 Å². The van der Waals surface area contributed by atoms with Crippen LogP contribution >= 0.6 is 11.6 Å². The van der Waals surface area contributed by atoms with Crippen LogP contribution in [-0.4, -0.2) is 25.8 Å². The zero-order valence-electron chi connectivity index (χ0n) is 9.53. The molecule has 0 radical (unpaired) electrons. The molecule has 4 nitrogen and oxygen atoms in total. The Hall–Kier alpha value is -1.55. The lowest BCUT2D eigenvalue weighted by atomic mass is 10.2. The highest BCUT2D eigenvalue weighted by Crippen LogP contribution is 2.24. The number of amides is 1. The van der Waals surface area contributed by atoms with E-state index in [1.165, 1.54) is 0 Å². The Morgan fingerprint density at radius 2 is 2.29 bits per heavy atom. The fraction of sp³-hybridized carbons (Fsp3) is 0.333. The maximum absolute atomic E-state index is 11.0. The van der Waals surface area contributed by atoms with E-state index in [0.29, 0.717) is 42.1 Å². The lowest BCUT2D eigenvalue weighted by Crippen LogP contribution is -2.18.